The molecule has 18 heavy (non-hydrogen) atoms. The minimum Gasteiger partial charge on any atom is -0.0635 e. The van der Waals surface area contributed by atoms with Gasteiger partial charge >= 0.3 is 0 Å². The Balaban J connectivity index is 2.34. The SMILES string of the molecule is IC1(I)C=CC=C1C1=c2ccccc2=CC1(I)I. The zero-order valence-corrected chi connectivity index (χ0v) is 17.8. The van der Waals surface area contributed by atoms with Crippen LogP contribution in [-0.2, 0) is 0 Å². The van der Waals surface area contributed by atoms with E-state index in [1.165, 1.54) is 21.6 Å². The second-order valence-corrected chi connectivity index (χ2v) is 15.2. The van der Waals surface area contributed by atoms with E-state index in [9.17, 15) is 0 Å². The Kier molecular flexibility index (Phi) is 3.95. The first-order chi connectivity index (χ1) is 8.42. The molecule has 0 aromatic heterocycles. The van der Waals surface area contributed by atoms with Crippen molar-refractivity contribution in [2.45, 2.75) is 2.86 Å². The highest BCUT2D eigenvalue weighted by Crippen LogP contribution is 2.52. The minimum atomic E-state index is 0.0542. The van der Waals surface area contributed by atoms with Crippen molar-refractivity contribution in [3.8, 4) is 0 Å². The number of rotatable bonds is 1. The molecule has 0 radical (unpaired) electrons. The first kappa shape index (κ1) is 14.3. The van der Waals surface area contributed by atoms with Gasteiger partial charge in [-0.05, 0) is 27.7 Å². The Bertz CT molecular complexity index is 693. The van der Waals surface area contributed by atoms with E-state index >= 15 is 0 Å². The summed E-state index contributed by atoms with van der Waals surface area (Å²) in [7, 11) is 0. The van der Waals surface area contributed by atoms with E-state index in [-0.39, 0.29) is 2.86 Å². The Morgan fingerprint density at radius 2 is 1.61 bits per heavy atom. The van der Waals surface area contributed by atoms with Crippen LogP contribution in [0.2, 0.25) is 0 Å². The van der Waals surface area contributed by atoms with Gasteiger partial charge in [-0.1, -0.05) is 133 Å². The van der Waals surface area contributed by atoms with E-state index in [4.69, 9.17) is 0 Å². The molecule has 92 valence electrons. The molecule has 0 heterocycles. The van der Waals surface area contributed by atoms with E-state index < -0.39 is 0 Å². The van der Waals surface area contributed by atoms with Gasteiger partial charge in [-0.25, -0.2) is 0 Å². The smallest absolute Gasteiger partial charge is 0.0635 e. The van der Waals surface area contributed by atoms with Crippen LogP contribution >= 0.6 is 90.4 Å². The normalized spacial score (nSPS) is 22.7. The largest absolute Gasteiger partial charge is 0.118 e. The average molecular weight is 684 g/mol. The number of hydrogen-bond acceptors (Lipinski definition) is 0. The van der Waals surface area contributed by atoms with Crippen molar-refractivity contribution in [3.63, 3.8) is 0 Å². The zero-order chi connectivity index (χ0) is 13.0. The van der Waals surface area contributed by atoms with Gasteiger partial charge in [-0.15, -0.1) is 0 Å². The van der Waals surface area contributed by atoms with Gasteiger partial charge in [0, 0.05) is 0 Å². The van der Waals surface area contributed by atoms with Crippen molar-refractivity contribution >= 4 is 102 Å². The highest BCUT2D eigenvalue weighted by atomic mass is 127. The van der Waals surface area contributed by atoms with Crippen LogP contribution in [0.1, 0.15) is 0 Å². The first-order valence-electron chi connectivity index (χ1n) is 5.40. The highest BCUT2D eigenvalue weighted by molar-refractivity contribution is 14.2. The fourth-order valence-corrected chi connectivity index (χ4v) is 5.49. The van der Waals surface area contributed by atoms with Gasteiger partial charge in [-0.3, -0.25) is 0 Å². The lowest BCUT2D eigenvalue weighted by atomic mass is 10.0. The highest BCUT2D eigenvalue weighted by Gasteiger charge is 2.39. The Labute approximate surface area is 161 Å². The molecule has 0 fully saturated rings. The lowest BCUT2D eigenvalue weighted by Gasteiger charge is -2.25. The van der Waals surface area contributed by atoms with Crippen LogP contribution in [-0.4, -0.2) is 2.86 Å². The third-order valence-electron chi connectivity index (χ3n) is 3.10. The molecule has 0 bridgehead atoms. The molecule has 3 rings (SSSR count). The summed E-state index contributed by atoms with van der Waals surface area (Å²) < 4.78 is 0.135. The monoisotopic (exact) mass is 684 g/mol. The molecule has 2 aliphatic rings. The molecule has 0 spiro atoms. The first-order valence-corrected chi connectivity index (χ1v) is 9.72. The molecule has 0 amide bonds. The molecule has 0 N–H and O–H groups in total. The predicted octanol–water partition coefficient (Wildman–Crippen LogP) is 4.26. The van der Waals surface area contributed by atoms with Gasteiger partial charge in [0.25, 0.3) is 0 Å². The maximum atomic E-state index is 2.55. The molecule has 2 aliphatic carbocycles. The van der Waals surface area contributed by atoms with Crippen LogP contribution in [0.25, 0.3) is 11.6 Å². The van der Waals surface area contributed by atoms with Gasteiger partial charge in [0.1, 0.15) is 2.86 Å². The van der Waals surface area contributed by atoms with Crippen LogP contribution in [0.15, 0.2) is 48.1 Å². The number of fused-ring (bicyclic) bond motifs is 1. The van der Waals surface area contributed by atoms with Crippen LogP contribution in [0, 0.1) is 0 Å². The molecule has 1 aromatic rings. The van der Waals surface area contributed by atoms with E-state index in [1.54, 1.807) is 0 Å². The van der Waals surface area contributed by atoms with Gasteiger partial charge in [-0.2, -0.15) is 0 Å². The van der Waals surface area contributed by atoms with E-state index in [0.29, 0.717) is 0 Å². The summed E-state index contributed by atoms with van der Waals surface area (Å²) in [4.78, 5) is 0. The van der Waals surface area contributed by atoms with E-state index in [1.807, 2.05) is 0 Å². The molecule has 0 saturated heterocycles. The summed E-state index contributed by atoms with van der Waals surface area (Å²) >= 11 is 10.1. The lowest BCUT2D eigenvalue weighted by Crippen LogP contribution is -2.26. The topological polar surface area (TPSA) is 0 Å². The minimum absolute atomic E-state index is 0.0542. The number of hydrogen-bond donors (Lipinski definition) is 0. The number of allylic oxidation sites excluding steroid dienone is 4. The fourth-order valence-electron chi connectivity index (χ4n) is 2.34. The summed E-state index contributed by atoms with van der Waals surface area (Å²) in [5, 5.41) is 2.74. The maximum Gasteiger partial charge on any atom is 0.118 e. The molecule has 1 aromatic carbocycles. The predicted molar refractivity (Wildman–Crippen MR) is 112 cm³/mol. The van der Waals surface area contributed by atoms with Crippen molar-refractivity contribution in [2.24, 2.45) is 0 Å². The molecular weight excluding hydrogens is 676 g/mol. The lowest BCUT2D eigenvalue weighted by molar-refractivity contribution is 1.33. The van der Waals surface area contributed by atoms with Crippen molar-refractivity contribution in [2.75, 3.05) is 0 Å². The number of benzene rings is 1. The molecule has 0 unspecified atom stereocenters. The van der Waals surface area contributed by atoms with Crippen molar-refractivity contribution in [1.82, 2.24) is 0 Å². The van der Waals surface area contributed by atoms with Crippen LogP contribution in [0.5, 0.6) is 0 Å². The van der Waals surface area contributed by atoms with Gasteiger partial charge in [0.2, 0.25) is 0 Å². The van der Waals surface area contributed by atoms with Crippen molar-refractivity contribution < 1.29 is 0 Å². The van der Waals surface area contributed by atoms with E-state index in [2.05, 4.69) is 139 Å². The summed E-state index contributed by atoms with van der Waals surface area (Å²) in [5.74, 6) is 0. The molecule has 0 saturated carbocycles. The van der Waals surface area contributed by atoms with Crippen molar-refractivity contribution in [3.05, 3.63) is 58.5 Å². The average Bonchev–Trinajstić information content (AvgIpc) is 2.73. The molecule has 0 aliphatic heterocycles. The maximum absolute atomic E-state index is 2.55. The van der Waals surface area contributed by atoms with Gasteiger partial charge < -0.3 is 0 Å². The molecular formula is C14H8I4. The van der Waals surface area contributed by atoms with Crippen LogP contribution in [0.3, 0.4) is 0 Å². The number of alkyl halides is 4. The van der Waals surface area contributed by atoms with Gasteiger partial charge in [0.05, 0.1) is 0 Å². The standard InChI is InChI=1S/C14H8I4/c15-13(16)7-3-6-11(13)12-10-5-2-1-4-9(10)8-14(12,17)18/h1-8H. The van der Waals surface area contributed by atoms with Gasteiger partial charge in [0.15, 0.2) is 0 Å². The summed E-state index contributed by atoms with van der Waals surface area (Å²) in [6.07, 6.45) is 9.06. The summed E-state index contributed by atoms with van der Waals surface area (Å²) in [6.45, 7) is 0. The fraction of sp³-hybridized carbons (Fsp3) is 0.143. The second-order valence-electron chi connectivity index (χ2n) is 4.29. The Morgan fingerprint density at radius 3 is 2.28 bits per heavy atom. The quantitative estimate of drug-likeness (QED) is 0.307. The number of halogens is 4. The van der Waals surface area contributed by atoms with Crippen LogP contribution < -0.4 is 10.4 Å². The third-order valence-corrected chi connectivity index (χ3v) is 6.68. The van der Waals surface area contributed by atoms with E-state index in [0.717, 1.165) is 0 Å². The Hall–Kier alpha value is 1.36. The molecule has 0 nitrogen and oxygen atoms in total. The summed E-state index contributed by atoms with van der Waals surface area (Å²) in [5.41, 5.74) is 2.88. The molecule has 0 atom stereocenters. The van der Waals surface area contributed by atoms with Crippen LogP contribution in [0.4, 0.5) is 0 Å². The zero-order valence-electron chi connectivity index (χ0n) is 9.13. The van der Waals surface area contributed by atoms with Crippen molar-refractivity contribution in [1.29, 1.82) is 0 Å². The molecule has 4 heteroatoms. The Morgan fingerprint density at radius 1 is 0.889 bits per heavy atom. The second kappa shape index (κ2) is 4.97. The third kappa shape index (κ3) is 2.36. The summed E-state index contributed by atoms with van der Waals surface area (Å²) in [6, 6.07) is 8.69.